The molecule has 0 amide bonds. The van der Waals surface area contributed by atoms with Crippen LogP contribution in [0.25, 0.3) is 11.1 Å². The number of hydrogen-bond donors (Lipinski definition) is 1. The first-order valence-electron chi connectivity index (χ1n) is 12.6. The van der Waals surface area contributed by atoms with Crippen LogP contribution in [0.5, 0.6) is 0 Å². The molecule has 0 aliphatic heterocycles. The SMILES string of the molecule is C#C.CC#Cc1cncc(-c2ccc3c(c2)C(C)(C)C2(CCC(OC)CC2)C3)c1.CC(C)(C)CN. The number of aromatic nitrogens is 1. The maximum Gasteiger partial charge on any atom is 0.0571 e. The quantitative estimate of drug-likeness (QED) is 0.491. The van der Waals surface area contributed by atoms with E-state index in [4.69, 9.17) is 10.5 Å². The van der Waals surface area contributed by atoms with Gasteiger partial charge in [0.15, 0.2) is 0 Å². The maximum absolute atomic E-state index is 5.63. The molecular formula is C32H44N2O. The minimum Gasteiger partial charge on any atom is -0.381 e. The van der Waals surface area contributed by atoms with Crippen LogP contribution in [0.2, 0.25) is 0 Å². The van der Waals surface area contributed by atoms with Crippen molar-refractivity contribution in [2.45, 2.75) is 85.2 Å². The second-order valence-corrected chi connectivity index (χ2v) is 11.5. The smallest absolute Gasteiger partial charge is 0.0571 e. The summed E-state index contributed by atoms with van der Waals surface area (Å²) in [5, 5.41) is 0. The highest BCUT2D eigenvalue weighted by Gasteiger charge is 2.52. The Morgan fingerprint density at radius 2 is 1.71 bits per heavy atom. The summed E-state index contributed by atoms with van der Waals surface area (Å²) in [7, 11) is 1.86. The lowest BCUT2D eigenvalue weighted by Gasteiger charge is -2.46. The molecule has 3 heteroatoms. The normalized spacial score (nSPS) is 21.9. The molecule has 188 valence electrons. The van der Waals surface area contributed by atoms with Crippen molar-refractivity contribution in [3.8, 4) is 35.8 Å². The van der Waals surface area contributed by atoms with Crippen LogP contribution in [0.1, 0.15) is 83.9 Å². The van der Waals surface area contributed by atoms with E-state index in [0.717, 1.165) is 17.7 Å². The van der Waals surface area contributed by atoms with Crippen LogP contribution in [-0.2, 0) is 16.6 Å². The van der Waals surface area contributed by atoms with Crippen molar-refractivity contribution in [1.82, 2.24) is 4.98 Å². The number of ether oxygens (including phenoxy) is 1. The lowest BCUT2D eigenvalue weighted by Crippen LogP contribution is -2.42. The van der Waals surface area contributed by atoms with Crippen LogP contribution in [0.3, 0.4) is 0 Å². The van der Waals surface area contributed by atoms with Crippen LogP contribution in [0, 0.1) is 35.5 Å². The molecule has 0 atom stereocenters. The average Bonchev–Trinajstić information content (AvgIpc) is 3.07. The van der Waals surface area contributed by atoms with Crippen molar-refractivity contribution in [2.75, 3.05) is 13.7 Å². The van der Waals surface area contributed by atoms with Crippen molar-refractivity contribution in [3.63, 3.8) is 0 Å². The van der Waals surface area contributed by atoms with Crippen molar-refractivity contribution in [1.29, 1.82) is 0 Å². The number of fused-ring (bicyclic) bond motifs is 1. The molecule has 0 bridgehead atoms. The fourth-order valence-electron chi connectivity index (χ4n) is 5.36. The van der Waals surface area contributed by atoms with Gasteiger partial charge in [0.05, 0.1) is 6.10 Å². The number of nitrogens with two attached hydrogens (primary N) is 1. The summed E-state index contributed by atoms with van der Waals surface area (Å²) in [5.41, 5.74) is 12.6. The highest BCUT2D eigenvalue weighted by atomic mass is 16.5. The highest BCUT2D eigenvalue weighted by Crippen LogP contribution is 2.59. The third-order valence-electron chi connectivity index (χ3n) is 7.81. The largest absolute Gasteiger partial charge is 0.381 e. The van der Waals surface area contributed by atoms with E-state index >= 15 is 0 Å². The van der Waals surface area contributed by atoms with Gasteiger partial charge >= 0.3 is 0 Å². The molecule has 1 spiro atoms. The number of terminal acetylenes is 1. The van der Waals surface area contributed by atoms with Gasteiger partial charge in [-0.3, -0.25) is 4.98 Å². The van der Waals surface area contributed by atoms with Crippen molar-refractivity contribution in [3.05, 3.63) is 53.3 Å². The summed E-state index contributed by atoms with van der Waals surface area (Å²) in [5.74, 6) is 6.08. The van der Waals surface area contributed by atoms with Crippen LogP contribution in [-0.4, -0.2) is 24.7 Å². The van der Waals surface area contributed by atoms with E-state index in [0.29, 0.717) is 16.9 Å². The average molecular weight is 473 g/mol. The first-order chi connectivity index (χ1) is 16.5. The van der Waals surface area contributed by atoms with Crippen molar-refractivity contribution >= 4 is 0 Å². The van der Waals surface area contributed by atoms with Gasteiger partial charge in [0.25, 0.3) is 0 Å². The molecule has 35 heavy (non-hydrogen) atoms. The molecule has 2 aromatic rings. The molecule has 1 saturated carbocycles. The number of pyridine rings is 1. The number of benzene rings is 1. The molecule has 3 nitrogen and oxygen atoms in total. The summed E-state index contributed by atoms with van der Waals surface area (Å²) >= 11 is 0. The predicted molar refractivity (Wildman–Crippen MR) is 149 cm³/mol. The summed E-state index contributed by atoms with van der Waals surface area (Å²) < 4.78 is 5.63. The van der Waals surface area contributed by atoms with Gasteiger partial charge in [-0.05, 0) is 84.6 Å². The minimum absolute atomic E-state index is 0.186. The Balaban J connectivity index is 0.000000474. The van der Waals surface area contributed by atoms with Gasteiger partial charge in [-0.25, -0.2) is 0 Å². The van der Waals surface area contributed by atoms with Gasteiger partial charge in [-0.1, -0.05) is 58.7 Å². The molecule has 4 rings (SSSR count). The Kier molecular flexibility index (Phi) is 9.74. The zero-order chi connectivity index (χ0) is 26.3. The van der Waals surface area contributed by atoms with Crippen LogP contribution in [0.15, 0.2) is 36.7 Å². The molecule has 0 radical (unpaired) electrons. The predicted octanol–water partition coefficient (Wildman–Crippen LogP) is 6.77. The Labute approximate surface area is 214 Å². The summed E-state index contributed by atoms with van der Waals surface area (Å²) in [6.45, 7) is 13.9. The molecule has 1 aromatic heterocycles. The first kappa shape index (κ1) is 28.6. The van der Waals surface area contributed by atoms with E-state index in [9.17, 15) is 0 Å². The standard InChI is InChI=1S/C25H29NO.C5H13N.C2H2/c1-5-6-18-13-21(17-26-16-18)19-7-8-20-15-25(24(2,3)23(20)14-19)11-9-22(27-4)10-12-25;1-5(2,3)4-6;1-2/h7-8,13-14,16-17,22H,9-12,15H2,1-4H3;4,6H2,1-3H3;1-2H. The first-order valence-corrected chi connectivity index (χ1v) is 12.6. The number of hydrogen-bond acceptors (Lipinski definition) is 3. The Bertz CT molecular complexity index is 1050. The van der Waals surface area contributed by atoms with E-state index in [2.05, 4.69) is 88.6 Å². The number of rotatable bonds is 2. The third-order valence-corrected chi connectivity index (χ3v) is 7.81. The number of methoxy groups -OCH3 is 1. The lowest BCUT2D eigenvalue weighted by molar-refractivity contribution is 0.00355. The summed E-state index contributed by atoms with van der Waals surface area (Å²) in [6.07, 6.45) is 18.3. The zero-order valence-corrected chi connectivity index (χ0v) is 22.9. The van der Waals surface area contributed by atoms with Gasteiger partial charge in [-0.2, -0.15) is 0 Å². The van der Waals surface area contributed by atoms with E-state index < -0.39 is 0 Å². The van der Waals surface area contributed by atoms with Gasteiger partial charge in [0.1, 0.15) is 0 Å². The van der Waals surface area contributed by atoms with E-state index in [1.165, 1.54) is 48.8 Å². The Morgan fingerprint density at radius 1 is 1.09 bits per heavy atom. The lowest BCUT2D eigenvalue weighted by atomic mass is 9.59. The monoisotopic (exact) mass is 472 g/mol. The molecule has 0 unspecified atom stereocenters. The molecule has 2 N–H and O–H groups in total. The highest BCUT2D eigenvalue weighted by molar-refractivity contribution is 5.67. The zero-order valence-electron chi connectivity index (χ0n) is 22.9. The summed E-state index contributed by atoms with van der Waals surface area (Å²) in [6, 6.07) is 9.16. The van der Waals surface area contributed by atoms with E-state index in [1.807, 2.05) is 26.4 Å². The van der Waals surface area contributed by atoms with Crippen LogP contribution >= 0.6 is 0 Å². The molecule has 2 aliphatic rings. The fraction of sp³-hybridized carbons (Fsp3) is 0.531. The minimum atomic E-state index is 0.186. The van der Waals surface area contributed by atoms with Gasteiger partial charge in [0.2, 0.25) is 0 Å². The molecule has 1 fully saturated rings. The van der Waals surface area contributed by atoms with Crippen molar-refractivity contribution in [2.24, 2.45) is 16.6 Å². The van der Waals surface area contributed by atoms with Gasteiger partial charge in [0, 0.05) is 30.6 Å². The van der Waals surface area contributed by atoms with E-state index in [1.54, 1.807) is 0 Å². The molecular weight excluding hydrogens is 428 g/mol. The van der Waals surface area contributed by atoms with Gasteiger partial charge in [-0.15, -0.1) is 18.8 Å². The Hall–Kier alpha value is -2.59. The van der Waals surface area contributed by atoms with Crippen molar-refractivity contribution < 1.29 is 4.74 Å². The number of nitrogens with zero attached hydrogens (tertiary/aromatic N) is 1. The molecule has 1 aromatic carbocycles. The Morgan fingerprint density at radius 3 is 2.26 bits per heavy atom. The summed E-state index contributed by atoms with van der Waals surface area (Å²) in [4.78, 5) is 4.39. The second-order valence-electron chi connectivity index (χ2n) is 11.5. The molecule has 0 saturated heterocycles. The maximum atomic E-state index is 5.63. The van der Waals surface area contributed by atoms with Crippen LogP contribution in [0.4, 0.5) is 0 Å². The fourth-order valence-corrected chi connectivity index (χ4v) is 5.36. The second kappa shape index (κ2) is 11.9. The molecule has 1 heterocycles. The van der Waals surface area contributed by atoms with Gasteiger partial charge < -0.3 is 10.5 Å². The van der Waals surface area contributed by atoms with E-state index in [-0.39, 0.29) is 5.41 Å². The molecule has 2 aliphatic carbocycles. The van der Waals surface area contributed by atoms with Crippen LogP contribution < -0.4 is 5.73 Å². The third kappa shape index (κ3) is 6.55. The topological polar surface area (TPSA) is 48.1 Å².